The van der Waals surface area contributed by atoms with Crippen LogP contribution in [0.2, 0.25) is 0 Å². The monoisotopic (exact) mass is 250 g/mol. The van der Waals surface area contributed by atoms with Gasteiger partial charge in [-0.25, -0.2) is 4.79 Å². The molecule has 2 heteroatoms. The lowest BCUT2D eigenvalue weighted by molar-refractivity contribution is -0.167. The summed E-state index contributed by atoms with van der Waals surface area (Å²) in [5.41, 5.74) is -0.203. The summed E-state index contributed by atoms with van der Waals surface area (Å²) in [6, 6.07) is 0. The van der Waals surface area contributed by atoms with E-state index in [-0.39, 0.29) is 11.6 Å². The summed E-state index contributed by atoms with van der Waals surface area (Å²) >= 11 is 0. The van der Waals surface area contributed by atoms with Gasteiger partial charge in [0, 0.05) is 6.08 Å². The van der Waals surface area contributed by atoms with Crippen LogP contribution in [0.1, 0.15) is 58.8 Å². The standard InChI is InChI=1S/C16H26O2/c1-4-15(17)18-16(5-2)9-8-13-10-12(3)6-7-14(16)11-13/h4,12-14H,1,5-11H2,2-3H3. The Balaban J connectivity index is 2.15. The average Bonchev–Trinajstić information content (AvgIpc) is 2.53. The highest BCUT2D eigenvalue weighted by atomic mass is 16.6. The van der Waals surface area contributed by atoms with Crippen LogP contribution in [-0.2, 0) is 9.53 Å². The van der Waals surface area contributed by atoms with Gasteiger partial charge in [0.15, 0.2) is 0 Å². The van der Waals surface area contributed by atoms with Crippen LogP contribution < -0.4 is 0 Å². The van der Waals surface area contributed by atoms with Crippen molar-refractivity contribution in [3.63, 3.8) is 0 Å². The summed E-state index contributed by atoms with van der Waals surface area (Å²) in [6.07, 6.45) is 9.64. The van der Waals surface area contributed by atoms with E-state index in [9.17, 15) is 4.79 Å². The van der Waals surface area contributed by atoms with Crippen molar-refractivity contribution in [3.8, 4) is 0 Å². The Morgan fingerprint density at radius 2 is 2.17 bits per heavy atom. The van der Waals surface area contributed by atoms with Crippen molar-refractivity contribution < 1.29 is 9.53 Å². The number of carbonyl (C=O) groups is 1. The third-order valence-corrected chi connectivity index (χ3v) is 5.15. The van der Waals surface area contributed by atoms with Crippen LogP contribution in [0, 0.1) is 17.8 Å². The minimum atomic E-state index is -0.243. The predicted octanol–water partition coefficient (Wildman–Crippen LogP) is 4.10. The highest BCUT2D eigenvalue weighted by molar-refractivity contribution is 5.81. The van der Waals surface area contributed by atoms with Gasteiger partial charge in [0.2, 0.25) is 0 Å². The van der Waals surface area contributed by atoms with E-state index in [0.717, 1.165) is 24.7 Å². The molecule has 0 amide bonds. The molecule has 0 radical (unpaired) electrons. The van der Waals surface area contributed by atoms with Crippen molar-refractivity contribution in [1.82, 2.24) is 0 Å². The Morgan fingerprint density at radius 3 is 2.83 bits per heavy atom. The molecule has 0 aromatic rings. The summed E-state index contributed by atoms with van der Waals surface area (Å²) < 4.78 is 5.80. The molecule has 0 aromatic heterocycles. The molecule has 0 aromatic carbocycles. The zero-order valence-electron chi connectivity index (χ0n) is 11.8. The van der Waals surface area contributed by atoms with Gasteiger partial charge in [-0.3, -0.25) is 0 Å². The molecule has 2 bridgehead atoms. The smallest absolute Gasteiger partial charge is 0.330 e. The van der Waals surface area contributed by atoms with E-state index >= 15 is 0 Å². The molecule has 18 heavy (non-hydrogen) atoms. The zero-order chi connectivity index (χ0) is 13.2. The first kappa shape index (κ1) is 13.6. The van der Waals surface area contributed by atoms with Gasteiger partial charge in [-0.1, -0.05) is 26.8 Å². The third kappa shape index (κ3) is 2.62. The molecule has 2 saturated carbocycles. The fraction of sp³-hybridized carbons (Fsp3) is 0.812. The fourth-order valence-corrected chi connectivity index (χ4v) is 4.07. The van der Waals surface area contributed by atoms with E-state index in [4.69, 9.17) is 4.74 Å². The first-order valence-electron chi connectivity index (χ1n) is 7.45. The Labute approximate surface area is 111 Å². The number of fused-ring (bicyclic) bond motifs is 2. The minimum absolute atomic E-state index is 0.203. The molecule has 0 spiro atoms. The predicted molar refractivity (Wildman–Crippen MR) is 73.2 cm³/mol. The normalized spacial score (nSPS) is 39.8. The van der Waals surface area contributed by atoms with Crippen molar-refractivity contribution in [3.05, 3.63) is 12.7 Å². The van der Waals surface area contributed by atoms with Gasteiger partial charge in [0.05, 0.1) is 0 Å². The topological polar surface area (TPSA) is 26.3 Å². The number of rotatable bonds is 3. The van der Waals surface area contributed by atoms with E-state index in [1.54, 1.807) is 0 Å². The molecular weight excluding hydrogens is 224 g/mol. The summed E-state index contributed by atoms with van der Waals surface area (Å²) in [5, 5.41) is 0. The van der Waals surface area contributed by atoms with Gasteiger partial charge in [-0.15, -0.1) is 0 Å². The van der Waals surface area contributed by atoms with Gasteiger partial charge in [-0.05, 0) is 56.3 Å². The average molecular weight is 250 g/mol. The second kappa shape index (κ2) is 5.46. The van der Waals surface area contributed by atoms with Crippen LogP contribution in [0.15, 0.2) is 12.7 Å². The summed E-state index contributed by atoms with van der Waals surface area (Å²) in [5.74, 6) is 2.01. The fourth-order valence-electron chi connectivity index (χ4n) is 4.07. The molecule has 0 heterocycles. The van der Waals surface area contributed by atoms with Crippen molar-refractivity contribution in [2.75, 3.05) is 0 Å². The Morgan fingerprint density at radius 1 is 1.39 bits per heavy atom. The molecule has 4 atom stereocenters. The van der Waals surface area contributed by atoms with Crippen LogP contribution in [0.5, 0.6) is 0 Å². The molecule has 2 fully saturated rings. The van der Waals surface area contributed by atoms with Gasteiger partial charge in [0.25, 0.3) is 0 Å². The molecular formula is C16H26O2. The van der Waals surface area contributed by atoms with Crippen molar-refractivity contribution in [2.45, 2.75) is 64.4 Å². The van der Waals surface area contributed by atoms with Gasteiger partial charge >= 0.3 is 5.97 Å². The van der Waals surface area contributed by atoms with E-state index < -0.39 is 0 Å². The van der Waals surface area contributed by atoms with Crippen LogP contribution in [0.25, 0.3) is 0 Å². The number of hydrogen-bond acceptors (Lipinski definition) is 2. The van der Waals surface area contributed by atoms with Crippen molar-refractivity contribution in [1.29, 1.82) is 0 Å². The number of ether oxygens (including phenoxy) is 1. The Hall–Kier alpha value is -0.790. The first-order valence-corrected chi connectivity index (χ1v) is 7.45. The number of carbonyl (C=O) groups excluding carboxylic acids is 1. The Bertz CT molecular complexity index is 323. The number of esters is 1. The van der Waals surface area contributed by atoms with Crippen LogP contribution in [0.4, 0.5) is 0 Å². The van der Waals surface area contributed by atoms with Gasteiger partial charge < -0.3 is 4.74 Å². The molecule has 0 saturated heterocycles. The Kier molecular flexibility index (Phi) is 4.14. The summed E-state index contributed by atoms with van der Waals surface area (Å²) in [6.45, 7) is 8.05. The second-order valence-corrected chi connectivity index (χ2v) is 6.30. The SMILES string of the molecule is C=CC(=O)OC1(CC)CCC2CC(C)CCC1C2. The first-order chi connectivity index (χ1) is 8.59. The second-order valence-electron chi connectivity index (χ2n) is 6.30. The van der Waals surface area contributed by atoms with Gasteiger partial charge in [0.1, 0.15) is 5.60 Å². The lowest BCUT2D eigenvalue weighted by Gasteiger charge is -2.44. The quantitative estimate of drug-likeness (QED) is 0.557. The lowest BCUT2D eigenvalue weighted by Crippen LogP contribution is -2.45. The maximum Gasteiger partial charge on any atom is 0.330 e. The zero-order valence-corrected chi connectivity index (χ0v) is 11.8. The lowest BCUT2D eigenvalue weighted by atomic mass is 9.69. The summed E-state index contributed by atoms with van der Waals surface area (Å²) in [4.78, 5) is 11.6. The minimum Gasteiger partial charge on any atom is -0.456 e. The molecule has 2 aliphatic rings. The highest BCUT2D eigenvalue weighted by Gasteiger charge is 2.46. The van der Waals surface area contributed by atoms with Gasteiger partial charge in [-0.2, -0.15) is 0 Å². The van der Waals surface area contributed by atoms with Crippen LogP contribution in [0.3, 0.4) is 0 Å². The highest BCUT2D eigenvalue weighted by Crippen LogP contribution is 2.48. The van der Waals surface area contributed by atoms with Crippen LogP contribution >= 0.6 is 0 Å². The van der Waals surface area contributed by atoms with Crippen LogP contribution in [-0.4, -0.2) is 11.6 Å². The molecule has 0 N–H and O–H groups in total. The largest absolute Gasteiger partial charge is 0.456 e. The molecule has 2 aliphatic carbocycles. The summed E-state index contributed by atoms with van der Waals surface area (Å²) in [7, 11) is 0. The molecule has 2 rings (SSSR count). The maximum absolute atomic E-state index is 11.6. The molecule has 0 aliphatic heterocycles. The van der Waals surface area contributed by atoms with E-state index in [2.05, 4.69) is 20.4 Å². The maximum atomic E-state index is 11.6. The number of hydrogen-bond donors (Lipinski definition) is 0. The third-order valence-electron chi connectivity index (χ3n) is 5.15. The van der Waals surface area contributed by atoms with E-state index in [0.29, 0.717) is 5.92 Å². The van der Waals surface area contributed by atoms with E-state index in [1.807, 2.05) is 0 Å². The van der Waals surface area contributed by atoms with Crippen molar-refractivity contribution >= 4 is 5.97 Å². The van der Waals surface area contributed by atoms with Crippen molar-refractivity contribution in [2.24, 2.45) is 17.8 Å². The van der Waals surface area contributed by atoms with E-state index in [1.165, 1.54) is 38.2 Å². The molecule has 102 valence electrons. The molecule has 2 nitrogen and oxygen atoms in total. The molecule has 4 unspecified atom stereocenters.